The number of morpholine rings is 1. The largest absolute Gasteiger partial charge is 0.381 e. The number of hydrogen-bond donors (Lipinski definition) is 1. The van der Waals surface area contributed by atoms with Gasteiger partial charge in [-0.15, -0.1) is 0 Å². The molecule has 1 heterocycles. The fraction of sp³-hybridized carbons (Fsp3) is 1.00. The van der Waals surface area contributed by atoms with Gasteiger partial charge in [-0.1, -0.05) is 13.8 Å². The quantitative estimate of drug-likeness (QED) is 0.616. The van der Waals surface area contributed by atoms with E-state index in [0.717, 1.165) is 65.4 Å². The summed E-state index contributed by atoms with van der Waals surface area (Å²) in [4.78, 5) is 2.44. The van der Waals surface area contributed by atoms with E-state index in [0.29, 0.717) is 6.10 Å². The van der Waals surface area contributed by atoms with Gasteiger partial charge in [0.15, 0.2) is 0 Å². The monoisotopic (exact) mass is 244 g/mol. The molecule has 0 aromatic carbocycles. The topological polar surface area (TPSA) is 33.7 Å². The molecule has 0 amide bonds. The summed E-state index contributed by atoms with van der Waals surface area (Å²) in [6.07, 6.45) is 2.56. The van der Waals surface area contributed by atoms with Crippen LogP contribution in [0, 0.1) is 0 Å². The van der Waals surface area contributed by atoms with E-state index in [1.807, 2.05) is 0 Å². The minimum absolute atomic E-state index is 0.361. The van der Waals surface area contributed by atoms with Crippen LogP contribution >= 0.6 is 0 Å². The molecule has 102 valence electrons. The maximum absolute atomic E-state index is 5.72. The number of nitrogens with one attached hydrogen (secondary N) is 1. The van der Waals surface area contributed by atoms with Crippen molar-refractivity contribution in [3.8, 4) is 0 Å². The van der Waals surface area contributed by atoms with Crippen molar-refractivity contribution in [3.05, 3.63) is 0 Å². The van der Waals surface area contributed by atoms with Crippen LogP contribution in [0.1, 0.15) is 26.7 Å². The van der Waals surface area contributed by atoms with Crippen molar-refractivity contribution < 1.29 is 9.47 Å². The SMILES string of the molecule is CCCOCCCNCC1CN(CC)CCO1. The highest BCUT2D eigenvalue weighted by molar-refractivity contribution is 4.72. The Kier molecular flexibility index (Phi) is 8.61. The Hall–Kier alpha value is -0.160. The second-order valence-corrected chi connectivity index (χ2v) is 4.56. The van der Waals surface area contributed by atoms with E-state index in [9.17, 15) is 0 Å². The van der Waals surface area contributed by atoms with Gasteiger partial charge in [0.25, 0.3) is 0 Å². The Morgan fingerprint density at radius 1 is 1.35 bits per heavy atom. The zero-order chi connectivity index (χ0) is 12.3. The smallest absolute Gasteiger partial charge is 0.0826 e. The van der Waals surface area contributed by atoms with Gasteiger partial charge in [-0.3, -0.25) is 4.90 Å². The molecule has 1 atom stereocenters. The van der Waals surface area contributed by atoms with Gasteiger partial charge in [0.05, 0.1) is 12.7 Å². The molecule has 4 heteroatoms. The third-order valence-corrected chi connectivity index (χ3v) is 3.03. The van der Waals surface area contributed by atoms with E-state index in [1.54, 1.807) is 0 Å². The molecule has 0 aromatic rings. The first-order valence-electron chi connectivity index (χ1n) is 6.99. The van der Waals surface area contributed by atoms with Gasteiger partial charge >= 0.3 is 0 Å². The Labute approximate surface area is 106 Å². The highest BCUT2D eigenvalue weighted by Crippen LogP contribution is 2.03. The van der Waals surface area contributed by atoms with Crippen LogP contribution in [0.3, 0.4) is 0 Å². The number of nitrogens with zero attached hydrogens (tertiary/aromatic N) is 1. The molecule has 1 unspecified atom stereocenters. The average molecular weight is 244 g/mol. The van der Waals surface area contributed by atoms with E-state index in [-0.39, 0.29) is 0 Å². The fourth-order valence-electron chi connectivity index (χ4n) is 2.00. The summed E-state index contributed by atoms with van der Waals surface area (Å²) in [6.45, 7) is 12.2. The molecule has 0 saturated carbocycles. The van der Waals surface area contributed by atoms with Gasteiger partial charge in [0, 0.05) is 32.8 Å². The lowest BCUT2D eigenvalue weighted by Gasteiger charge is -2.32. The van der Waals surface area contributed by atoms with Crippen LogP contribution in [-0.2, 0) is 9.47 Å². The molecule has 0 radical (unpaired) electrons. The minimum Gasteiger partial charge on any atom is -0.381 e. The van der Waals surface area contributed by atoms with Crippen LogP contribution in [0.15, 0.2) is 0 Å². The lowest BCUT2D eigenvalue weighted by molar-refractivity contribution is -0.0253. The molecule has 1 aliphatic heterocycles. The minimum atomic E-state index is 0.361. The van der Waals surface area contributed by atoms with Crippen molar-refractivity contribution in [2.24, 2.45) is 0 Å². The third-order valence-electron chi connectivity index (χ3n) is 3.03. The lowest BCUT2D eigenvalue weighted by atomic mass is 10.2. The number of hydrogen-bond acceptors (Lipinski definition) is 4. The van der Waals surface area contributed by atoms with Gasteiger partial charge in [0.2, 0.25) is 0 Å². The summed E-state index contributed by atoms with van der Waals surface area (Å²) in [5.74, 6) is 0. The number of likely N-dealkylation sites (N-methyl/N-ethyl adjacent to an activating group) is 1. The Bertz CT molecular complexity index is 179. The van der Waals surface area contributed by atoms with E-state index in [2.05, 4.69) is 24.1 Å². The molecule has 1 rings (SSSR count). The zero-order valence-electron chi connectivity index (χ0n) is 11.4. The van der Waals surface area contributed by atoms with E-state index in [1.165, 1.54) is 0 Å². The predicted molar refractivity (Wildman–Crippen MR) is 70.5 cm³/mol. The first-order chi connectivity index (χ1) is 8.36. The van der Waals surface area contributed by atoms with Crippen molar-refractivity contribution in [3.63, 3.8) is 0 Å². The average Bonchev–Trinajstić information content (AvgIpc) is 2.38. The van der Waals surface area contributed by atoms with Gasteiger partial charge in [-0.2, -0.15) is 0 Å². The van der Waals surface area contributed by atoms with Crippen LogP contribution < -0.4 is 5.32 Å². The number of ether oxygens (including phenoxy) is 2. The van der Waals surface area contributed by atoms with Crippen LogP contribution in [0.2, 0.25) is 0 Å². The van der Waals surface area contributed by atoms with Crippen molar-refractivity contribution in [1.29, 1.82) is 0 Å². The summed E-state index contributed by atoms with van der Waals surface area (Å²) in [5, 5.41) is 3.44. The van der Waals surface area contributed by atoms with Crippen molar-refractivity contribution in [2.75, 3.05) is 52.5 Å². The van der Waals surface area contributed by atoms with Crippen molar-refractivity contribution >= 4 is 0 Å². The molecular weight excluding hydrogens is 216 g/mol. The summed E-state index contributed by atoms with van der Waals surface area (Å²) in [6, 6.07) is 0. The normalized spacial score (nSPS) is 21.9. The lowest BCUT2D eigenvalue weighted by Crippen LogP contribution is -2.46. The van der Waals surface area contributed by atoms with E-state index in [4.69, 9.17) is 9.47 Å². The fourth-order valence-corrected chi connectivity index (χ4v) is 2.00. The summed E-state index contributed by atoms with van der Waals surface area (Å²) >= 11 is 0. The van der Waals surface area contributed by atoms with E-state index < -0.39 is 0 Å². The highest BCUT2D eigenvalue weighted by atomic mass is 16.5. The summed E-state index contributed by atoms with van der Waals surface area (Å²) < 4.78 is 11.1. The molecule has 1 aliphatic rings. The second kappa shape index (κ2) is 9.83. The van der Waals surface area contributed by atoms with E-state index >= 15 is 0 Å². The molecule has 0 aliphatic carbocycles. The number of rotatable bonds is 9. The molecule has 1 fully saturated rings. The van der Waals surface area contributed by atoms with Gasteiger partial charge < -0.3 is 14.8 Å². The Balaban J connectivity index is 1.91. The van der Waals surface area contributed by atoms with Crippen molar-refractivity contribution in [1.82, 2.24) is 10.2 Å². The van der Waals surface area contributed by atoms with Crippen LogP contribution in [0.25, 0.3) is 0 Å². The maximum Gasteiger partial charge on any atom is 0.0826 e. The molecule has 17 heavy (non-hydrogen) atoms. The summed E-state index contributed by atoms with van der Waals surface area (Å²) in [7, 11) is 0. The second-order valence-electron chi connectivity index (χ2n) is 4.56. The molecule has 4 nitrogen and oxygen atoms in total. The molecule has 0 spiro atoms. The third kappa shape index (κ3) is 6.99. The highest BCUT2D eigenvalue weighted by Gasteiger charge is 2.18. The predicted octanol–water partition coefficient (Wildman–Crippen LogP) is 1.11. The Morgan fingerprint density at radius 2 is 2.24 bits per heavy atom. The van der Waals surface area contributed by atoms with Crippen LogP contribution in [-0.4, -0.2) is 63.5 Å². The zero-order valence-corrected chi connectivity index (χ0v) is 11.4. The standard InChI is InChI=1S/C13H28N2O2/c1-3-8-16-9-5-6-14-11-13-12-15(4-2)7-10-17-13/h13-14H,3-12H2,1-2H3. The molecule has 0 bridgehead atoms. The van der Waals surface area contributed by atoms with Gasteiger partial charge in [-0.05, 0) is 25.9 Å². The van der Waals surface area contributed by atoms with Crippen molar-refractivity contribution in [2.45, 2.75) is 32.8 Å². The first-order valence-corrected chi connectivity index (χ1v) is 6.99. The summed E-state index contributed by atoms with van der Waals surface area (Å²) in [5.41, 5.74) is 0. The maximum atomic E-state index is 5.72. The van der Waals surface area contributed by atoms with Crippen LogP contribution in [0.5, 0.6) is 0 Å². The molecule has 1 N–H and O–H groups in total. The molecule has 0 aromatic heterocycles. The van der Waals surface area contributed by atoms with Crippen LogP contribution in [0.4, 0.5) is 0 Å². The molecule has 1 saturated heterocycles. The molecular formula is C13H28N2O2. The Morgan fingerprint density at radius 3 is 3.00 bits per heavy atom. The first kappa shape index (κ1) is 14.9. The van der Waals surface area contributed by atoms with Gasteiger partial charge in [-0.25, -0.2) is 0 Å². The van der Waals surface area contributed by atoms with Gasteiger partial charge in [0.1, 0.15) is 0 Å².